The number of ether oxygens (including phenoxy) is 1. The van der Waals surface area contributed by atoms with Gasteiger partial charge in [-0.3, -0.25) is 18.7 Å². The highest BCUT2D eigenvalue weighted by Gasteiger charge is 2.36. The molecule has 0 aromatic heterocycles. The molecule has 2 aromatic carbocycles. The van der Waals surface area contributed by atoms with Crippen LogP contribution in [0.1, 0.15) is 24.8 Å². The number of primary amides is 1. The third-order valence-electron chi connectivity index (χ3n) is 5.25. The maximum absolute atomic E-state index is 12.8. The number of benzene rings is 2. The molecular weight excluding hydrogens is 430 g/mol. The molecule has 0 unspecified atom stereocenters. The van der Waals surface area contributed by atoms with Gasteiger partial charge in [0.2, 0.25) is 11.8 Å². The molecule has 3 amide bonds. The van der Waals surface area contributed by atoms with E-state index >= 15 is 0 Å². The fourth-order valence-corrected chi connectivity index (χ4v) is 4.67. The second-order valence-electron chi connectivity index (χ2n) is 7.51. The van der Waals surface area contributed by atoms with Crippen molar-refractivity contribution in [2.75, 3.05) is 12.3 Å². The predicted molar refractivity (Wildman–Crippen MR) is 120 cm³/mol. The predicted octanol–water partition coefficient (Wildman–Crippen LogP) is 1.96. The van der Waals surface area contributed by atoms with Crippen LogP contribution >= 0.6 is 0 Å². The number of carbonyl (C=O) groups excluding carboxylic acids is 3. The highest BCUT2D eigenvalue weighted by atomic mass is 32.2. The van der Waals surface area contributed by atoms with Gasteiger partial charge >= 0.3 is 6.09 Å². The smallest absolute Gasteiger partial charge is 0.410 e. The van der Waals surface area contributed by atoms with Gasteiger partial charge in [0.1, 0.15) is 18.7 Å². The van der Waals surface area contributed by atoms with E-state index in [-0.39, 0.29) is 18.8 Å². The van der Waals surface area contributed by atoms with Crippen LogP contribution in [0.15, 0.2) is 65.6 Å². The van der Waals surface area contributed by atoms with Crippen LogP contribution in [0.3, 0.4) is 0 Å². The van der Waals surface area contributed by atoms with Gasteiger partial charge in [0.05, 0.1) is 10.8 Å². The van der Waals surface area contributed by atoms with Crippen LogP contribution in [0.4, 0.5) is 4.79 Å². The summed E-state index contributed by atoms with van der Waals surface area (Å²) >= 11 is 0. The molecule has 2 aromatic rings. The second kappa shape index (κ2) is 11.4. The fraction of sp³-hybridized carbons (Fsp3) is 0.348. The van der Waals surface area contributed by atoms with Crippen LogP contribution < -0.4 is 11.1 Å². The van der Waals surface area contributed by atoms with Gasteiger partial charge in [-0.2, -0.15) is 0 Å². The number of likely N-dealkylation sites (tertiary alicyclic amines) is 1. The molecule has 3 rings (SSSR count). The molecule has 1 aliphatic heterocycles. The minimum atomic E-state index is -1.32. The zero-order valence-electron chi connectivity index (χ0n) is 17.6. The molecular formula is C23H27N3O5S. The summed E-state index contributed by atoms with van der Waals surface area (Å²) in [5.41, 5.74) is 6.31. The summed E-state index contributed by atoms with van der Waals surface area (Å²) in [4.78, 5) is 39.2. The first kappa shape index (κ1) is 23.5. The Hall–Kier alpha value is -3.20. The maximum Gasteiger partial charge on any atom is 0.410 e. The molecule has 8 nitrogen and oxygen atoms in total. The molecule has 1 fully saturated rings. The Kier molecular flexibility index (Phi) is 8.38. The summed E-state index contributed by atoms with van der Waals surface area (Å²) in [5.74, 6) is -1.00. The van der Waals surface area contributed by atoms with Crippen LogP contribution in [-0.4, -0.2) is 51.4 Å². The number of carbonyl (C=O) groups is 3. The number of nitrogens with one attached hydrogen (secondary N) is 1. The number of nitrogens with zero attached hydrogens (tertiary/aromatic N) is 1. The molecule has 1 saturated heterocycles. The number of rotatable bonds is 9. The number of hydrogen-bond donors (Lipinski definition) is 2. The molecule has 3 N–H and O–H groups in total. The number of amides is 3. The van der Waals surface area contributed by atoms with Crippen molar-refractivity contribution in [2.45, 2.75) is 42.8 Å². The van der Waals surface area contributed by atoms with Crippen molar-refractivity contribution in [3.63, 3.8) is 0 Å². The largest absolute Gasteiger partial charge is 0.445 e. The Bertz CT molecular complexity index is 955. The standard InChI is InChI=1S/C23H27N3O5S/c24-21(27)19(13-15-32(30)18-10-5-2-6-11-18)25-22(28)20-12-7-14-26(20)23(29)31-16-17-8-3-1-4-9-17/h1-6,8-11,19-20H,7,12-16H2,(H2,24,27)(H,25,28)/t19-,20+,32+/m0/s1. The van der Waals surface area contributed by atoms with E-state index in [0.29, 0.717) is 24.3 Å². The first-order valence-corrected chi connectivity index (χ1v) is 11.8. The minimum Gasteiger partial charge on any atom is -0.445 e. The van der Waals surface area contributed by atoms with Gasteiger partial charge in [0.15, 0.2) is 0 Å². The van der Waals surface area contributed by atoms with Crippen LogP contribution in [0, 0.1) is 0 Å². The molecule has 0 bridgehead atoms. The Balaban J connectivity index is 1.54. The zero-order chi connectivity index (χ0) is 22.9. The van der Waals surface area contributed by atoms with E-state index in [9.17, 15) is 18.6 Å². The fourth-order valence-electron chi connectivity index (χ4n) is 3.53. The first-order valence-electron chi connectivity index (χ1n) is 10.5. The lowest BCUT2D eigenvalue weighted by Crippen LogP contribution is -2.52. The van der Waals surface area contributed by atoms with Crippen molar-refractivity contribution in [2.24, 2.45) is 5.73 Å². The summed E-state index contributed by atoms with van der Waals surface area (Å²) in [5, 5.41) is 2.63. The second-order valence-corrected chi connectivity index (χ2v) is 9.08. The van der Waals surface area contributed by atoms with E-state index in [2.05, 4.69) is 5.32 Å². The van der Waals surface area contributed by atoms with Crippen molar-refractivity contribution in [3.8, 4) is 0 Å². The highest BCUT2D eigenvalue weighted by molar-refractivity contribution is 7.85. The average molecular weight is 458 g/mol. The Morgan fingerprint density at radius 1 is 1.09 bits per heavy atom. The van der Waals surface area contributed by atoms with Gasteiger partial charge < -0.3 is 15.8 Å². The normalized spacial score (nSPS) is 17.4. The van der Waals surface area contributed by atoms with Gasteiger partial charge in [-0.1, -0.05) is 48.5 Å². The van der Waals surface area contributed by atoms with Gasteiger partial charge in [0, 0.05) is 17.2 Å². The molecule has 0 saturated carbocycles. The molecule has 0 spiro atoms. The minimum absolute atomic E-state index is 0.111. The van der Waals surface area contributed by atoms with Crippen molar-refractivity contribution in [1.29, 1.82) is 0 Å². The van der Waals surface area contributed by atoms with Gasteiger partial charge in [-0.15, -0.1) is 0 Å². The molecule has 3 atom stereocenters. The molecule has 170 valence electrons. The van der Waals surface area contributed by atoms with Gasteiger partial charge in [-0.25, -0.2) is 4.79 Å². The summed E-state index contributed by atoms with van der Waals surface area (Å²) in [7, 11) is -1.32. The summed E-state index contributed by atoms with van der Waals surface area (Å²) in [6.07, 6.45) is 0.673. The molecule has 1 aliphatic rings. The summed E-state index contributed by atoms with van der Waals surface area (Å²) in [6.45, 7) is 0.505. The van der Waals surface area contributed by atoms with E-state index < -0.39 is 40.8 Å². The third kappa shape index (κ3) is 6.40. The molecule has 1 heterocycles. The van der Waals surface area contributed by atoms with Crippen LogP contribution in [0.2, 0.25) is 0 Å². The van der Waals surface area contributed by atoms with Crippen molar-refractivity contribution in [3.05, 3.63) is 66.2 Å². The van der Waals surface area contributed by atoms with E-state index in [1.807, 2.05) is 36.4 Å². The SMILES string of the molecule is NC(=O)[C@H](CC[S@@](=O)c1ccccc1)NC(=O)[C@H]1CCCN1C(=O)OCc1ccccc1. The van der Waals surface area contributed by atoms with E-state index in [0.717, 1.165) is 5.56 Å². The summed E-state index contributed by atoms with van der Waals surface area (Å²) in [6, 6.07) is 16.4. The maximum atomic E-state index is 12.8. The Morgan fingerprint density at radius 2 is 1.75 bits per heavy atom. The van der Waals surface area contributed by atoms with Gasteiger partial charge in [-0.05, 0) is 37.0 Å². The van der Waals surface area contributed by atoms with E-state index in [1.54, 1.807) is 24.3 Å². The quantitative estimate of drug-likeness (QED) is 0.597. The van der Waals surface area contributed by atoms with Crippen LogP contribution in [0.5, 0.6) is 0 Å². The van der Waals surface area contributed by atoms with Crippen molar-refractivity contribution >= 4 is 28.7 Å². The zero-order valence-corrected chi connectivity index (χ0v) is 18.5. The summed E-state index contributed by atoms with van der Waals surface area (Å²) < 4.78 is 17.8. The first-order chi connectivity index (χ1) is 15.5. The van der Waals surface area contributed by atoms with E-state index in [4.69, 9.17) is 10.5 Å². The monoisotopic (exact) mass is 457 g/mol. The van der Waals surface area contributed by atoms with Crippen molar-refractivity contribution in [1.82, 2.24) is 10.2 Å². The number of nitrogens with two attached hydrogens (primary N) is 1. The Morgan fingerprint density at radius 3 is 2.41 bits per heavy atom. The molecule has 0 aliphatic carbocycles. The topological polar surface area (TPSA) is 119 Å². The van der Waals surface area contributed by atoms with Crippen LogP contribution in [-0.2, 0) is 31.7 Å². The van der Waals surface area contributed by atoms with Gasteiger partial charge in [0.25, 0.3) is 0 Å². The molecule has 0 radical (unpaired) electrons. The molecule has 9 heteroatoms. The third-order valence-corrected chi connectivity index (χ3v) is 6.66. The number of hydrogen-bond acceptors (Lipinski definition) is 5. The van der Waals surface area contributed by atoms with Crippen molar-refractivity contribution < 1.29 is 23.3 Å². The van der Waals surface area contributed by atoms with Crippen LogP contribution in [0.25, 0.3) is 0 Å². The highest BCUT2D eigenvalue weighted by Crippen LogP contribution is 2.19. The Labute approximate surface area is 189 Å². The lowest BCUT2D eigenvalue weighted by molar-refractivity contribution is -0.130. The van der Waals surface area contributed by atoms with E-state index in [1.165, 1.54) is 4.90 Å². The lowest BCUT2D eigenvalue weighted by atomic mass is 10.1. The lowest BCUT2D eigenvalue weighted by Gasteiger charge is -2.25. The average Bonchev–Trinajstić information content (AvgIpc) is 3.31. The molecule has 32 heavy (non-hydrogen) atoms.